The van der Waals surface area contributed by atoms with Crippen molar-refractivity contribution < 1.29 is 9.21 Å². The monoisotopic (exact) mass is 315 g/mol. The van der Waals surface area contributed by atoms with Gasteiger partial charge in [-0.25, -0.2) is 0 Å². The van der Waals surface area contributed by atoms with Crippen LogP contribution in [0.5, 0.6) is 0 Å². The minimum Gasteiger partial charge on any atom is -0.401 e. The number of hydrogen-bond donors (Lipinski definition) is 1. The first-order valence-electron chi connectivity index (χ1n) is 6.49. The molecule has 0 saturated carbocycles. The lowest BCUT2D eigenvalue weighted by Crippen LogP contribution is -2.07. The van der Waals surface area contributed by atoms with Gasteiger partial charge in [0.1, 0.15) is 5.69 Å². The van der Waals surface area contributed by atoms with Gasteiger partial charge in [0.25, 0.3) is 11.8 Å². The van der Waals surface area contributed by atoms with Gasteiger partial charge >= 0.3 is 6.01 Å². The second-order valence-corrected chi connectivity index (χ2v) is 5.52. The van der Waals surface area contributed by atoms with Crippen molar-refractivity contribution in [1.29, 1.82) is 0 Å². The minimum absolute atomic E-state index is 0.0409. The molecule has 22 heavy (non-hydrogen) atoms. The Hall–Kier alpha value is -2.74. The zero-order valence-electron chi connectivity index (χ0n) is 12.0. The van der Waals surface area contributed by atoms with E-state index >= 15 is 0 Å². The third-order valence-electron chi connectivity index (χ3n) is 2.93. The first kappa shape index (κ1) is 14.2. The van der Waals surface area contributed by atoms with Crippen LogP contribution in [-0.4, -0.2) is 25.9 Å². The average molecular weight is 315 g/mol. The largest absolute Gasteiger partial charge is 0.401 e. The summed E-state index contributed by atoms with van der Waals surface area (Å²) in [4.78, 5) is 12.8. The predicted molar refractivity (Wildman–Crippen MR) is 83.2 cm³/mol. The van der Waals surface area contributed by atoms with Gasteiger partial charge in [-0.15, -0.1) is 16.4 Å². The van der Waals surface area contributed by atoms with Crippen LogP contribution in [0.2, 0.25) is 0 Å². The molecule has 0 aliphatic rings. The molecule has 3 aromatic rings. The van der Waals surface area contributed by atoms with Gasteiger partial charge in [-0.2, -0.15) is 5.10 Å². The van der Waals surface area contributed by atoms with Crippen molar-refractivity contribution >= 4 is 29.3 Å². The number of aryl methyl sites for hydroxylation is 2. The van der Waals surface area contributed by atoms with Crippen LogP contribution >= 0.6 is 11.3 Å². The SMILES string of the molecule is Cc1cc(-c2nnc(NC(=O)/C=C/c3cccs3)o2)nn1C. The zero-order valence-corrected chi connectivity index (χ0v) is 12.8. The van der Waals surface area contributed by atoms with Gasteiger partial charge < -0.3 is 4.42 Å². The molecule has 0 aliphatic heterocycles. The third-order valence-corrected chi connectivity index (χ3v) is 3.77. The first-order chi connectivity index (χ1) is 10.6. The summed E-state index contributed by atoms with van der Waals surface area (Å²) < 4.78 is 7.09. The van der Waals surface area contributed by atoms with Gasteiger partial charge in [0.2, 0.25) is 0 Å². The number of hydrogen-bond acceptors (Lipinski definition) is 6. The van der Waals surface area contributed by atoms with E-state index < -0.39 is 0 Å². The van der Waals surface area contributed by atoms with Crippen molar-refractivity contribution in [3.8, 4) is 11.6 Å². The van der Waals surface area contributed by atoms with Crippen LogP contribution in [0.1, 0.15) is 10.6 Å². The Balaban J connectivity index is 1.67. The Bertz CT molecular complexity index is 797. The molecular weight excluding hydrogens is 302 g/mol. The number of anilines is 1. The Morgan fingerprint density at radius 1 is 1.45 bits per heavy atom. The lowest BCUT2D eigenvalue weighted by Gasteiger charge is -1.93. The highest BCUT2D eigenvalue weighted by molar-refractivity contribution is 7.10. The van der Waals surface area contributed by atoms with E-state index in [4.69, 9.17) is 4.42 Å². The van der Waals surface area contributed by atoms with Crippen molar-refractivity contribution in [1.82, 2.24) is 20.0 Å². The summed E-state index contributed by atoms with van der Waals surface area (Å²) in [6, 6.07) is 5.71. The Morgan fingerprint density at radius 2 is 2.32 bits per heavy atom. The topological polar surface area (TPSA) is 85.8 Å². The molecule has 8 heteroatoms. The second-order valence-electron chi connectivity index (χ2n) is 4.54. The van der Waals surface area contributed by atoms with Gasteiger partial charge in [0, 0.05) is 23.7 Å². The maximum atomic E-state index is 11.8. The number of nitrogens with one attached hydrogen (secondary N) is 1. The molecule has 0 saturated heterocycles. The maximum absolute atomic E-state index is 11.8. The summed E-state index contributed by atoms with van der Waals surface area (Å²) in [6.07, 6.45) is 3.14. The van der Waals surface area contributed by atoms with Crippen LogP contribution in [0.3, 0.4) is 0 Å². The van der Waals surface area contributed by atoms with Gasteiger partial charge in [-0.1, -0.05) is 11.2 Å². The molecule has 112 valence electrons. The van der Waals surface area contributed by atoms with Crippen molar-refractivity contribution in [2.45, 2.75) is 6.92 Å². The lowest BCUT2D eigenvalue weighted by atomic mass is 10.4. The Kier molecular flexibility index (Phi) is 3.84. The summed E-state index contributed by atoms with van der Waals surface area (Å²) in [6.45, 7) is 1.92. The molecule has 0 spiro atoms. The number of carbonyl (C=O) groups excluding carboxylic acids is 1. The zero-order chi connectivity index (χ0) is 15.5. The molecule has 0 bridgehead atoms. The highest BCUT2D eigenvalue weighted by atomic mass is 32.1. The predicted octanol–water partition coefficient (Wildman–Crippen LogP) is 2.49. The summed E-state index contributed by atoms with van der Waals surface area (Å²) in [7, 11) is 1.83. The maximum Gasteiger partial charge on any atom is 0.322 e. The fourth-order valence-electron chi connectivity index (χ4n) is 1.73. The van der Waals surface area contributed by atoms with Gasteiger partial charge in [-0.3, -0.25) is 14.8 Å². The fourth-order valence-corrected chi connectivity index (χ4v) is 2.35. The summed E-state index contributed by atoms with van der Waals surface area (Å²) in [5.74, 6) is -0.0676. The standard InChI is InChI=1S/C14H13N5O2S/c1-9-8-11(18-19(9)2)13-16-17-14(21-13)15-12(20)6-5-10-4-3-7-22-10/h3-8H,1-2H3,(H,15,17,20)/b6-5+. The quantitative estimate of drug-likeness (QED) is 0.748. The van der Waals surface area contributed by atoms with Crippen LogP contribution < -0.4 is 5.32 Å². The van der Waals surface area contributed by atoms with E-state index in [1.54, 1.807) is 22.1 Å². The highest BCUT2D eigenvalue weighted by Crippen LogP contribution is 2.19. The van der Waals surface area contributed by atoms with E-state index in [-0.39, 0.29) is 17.8 Å². The Morgan fingerprint density at radius 3 is 3.00 bits per heavy atom. The Labute approximate surface area is 130 Å². The molecule has 7 nitrogen and oxygen atoms in total. The van der Waals surface area contributed by atoms with Gasteiger partial charge in [-0.05, 0) is 30.5 Å². The number of carbonyl (C=O) groups is 1. The number of thiophene rings is 1. The molecule has 0 fully saturated rings. The highest BCUT2D eigenvalue weighted by Gasteiger charge is 2.13. The van der Waals surface area contributed by atoms with Crippen LogP contribution in [0, 0.1) is 6.92 Å². The molecule has 1 amide bonds. The smallest absolute Gasteiger partial charge is 0.322 e. The van der Waals surface area contributed by atoms with E-state index in [0.29, 0.717) is 5.69 Å². The number of rotatable bonds is 4. The van der Waals surface area contributed by atoms with E-state index in [1.165, 1.54) is 6.08 Å². The minimum atomic E-state index is -0.333. The molecule has 0 unspecified atom stereocenters. The second kappa shape index (κ2) is 5.94. The van der Waals surface area contributed by atoms with Crippen molar-refractivity contribution in [2.24, 2.45) is 7.05 Å². The molecule has 3 heterocycles. The summed E-state index contributed by atoms with van der Waals surface area (Å²) in [5, 5.41) is 16.4. The third kappa shape index (κ3) is 3.12. The van der Waals surface area contributed by atoms with Crippen LogP contribution in [0.15, 0.2) is 34.1 Å². The first-order valence-corrected chi connectivity index (χ1v) is 7.37. The molecule has 3 aromatic heterocycles. The number of amides is 1. The molecule has 0 radical (unpaired) electrons. The molecular formula is C14H13N5O2S. The van der Waals surface area contributed by atoms with E-state index in [2.05, 4.69) is 20.6 Å². The van der Waals surface area contributed by atoms with Crippen molar-refractivity contribution in [3.63, 3.8) is 0 Å². The molecule has 0 aliphatic carbocycles. The van der Waals surface area contributed by atoms with E-state index in [0.717, 1.165) is 10.6 Å². The lowest BCUT2D eigenvalue weighted by molar-refractivity contribution is -0.112. The fraction of sp³-hybridized carbons (Fsp3) is 0.143. The van der Waals surface area contributed by atoms with Gasteiger partial charge in [0.15, 0.2) is 0 Å². The number of aromatic nitrogens is 4. The van der Waals surface area contributed by atoms with Crippen molar-refractivity contribution in [3.05, 3.63) is 40.2 Å². The van der Waals surface area contributed by atoms with E-state index in [1.807, 2.05) is 37.6 Å². The van der Waals surface area contributed by atoms with Crippen LogP contribution in [0.4, 0.5) is 6.01 Å². The summed E-state index contributed by atoms with van der Waals surface area (Å²) in [5.41, 5.74) is 1.54. The number of nitrogens with zero attached hydrogens (tertiary/aromatic N) is 4. The van der Waals surface area contributed by atoms with E-state index in [9.17, 15) is 4.79 Å². The molecule has 0 atom stereocenters. The van der Waals surface area contributed by atoms with Crippen LogP contribution in [0.25, 0.3) is 17.7 Å². The van der Waals surface area contributed by atoms with Gasteiger partial charge in [0.05, 0.1) is 0 Å². The molecule has 0 aromatic carbocycles. The molecule has 1 N–H and O–H groups in total. The average Bonchev–Trinajstić information content (AvgIpc) is 3.20. The van der Waals surface area contributed by atoms with Crippen LogP contribution in [-0.2, 0) is 11.8 Å². The van der Waals surface area contributed by atoms with Crippen molar-refractivity contribution in [2.75, 3.05) is 5.32 Å². The normalized spacial score (nSPS) is 11.2. The summed E-state index contributed by atoms with van der Waals surface area (Å²) >= 11 is 1.55. The molecule has 3 rings (SSSR count).